The zero-order valence-corrected chi connectivity index (χ0v) is 11.3. The monoisotopic (exact) mass is 275 g/mol. The molecule has 0 aromatic heterocycles. The number of hydrogen-bond donors (Lipinski definition) is 0. The van der Waals surface area contributed by atoms with Crippen molar-refractivity contribution in [1.82, 2.24) is 4.90 Å². The zero-order valence-electron chi connectivity index (χ0n) is 10.4. The van der Waals surface area contributed by atoms with Gasteiger partial charge in [0.05, 0.1) is 0 Å². The van der Waals surface area contributed by atoms with Crippen LogP contribution in [-0.4, -0.2) is 47.3 Å². The molecule has 1 aromatic rings. The number of aliphatic imine (C=N–C) groups is 1. The van der Waals surface area contributed by atoms with Crippen molar-refractivity contribution >= 4 is 34.4 Å². The number of thioether (sulfide) groups is 1. The van der Waals surface area contributed by atoms with E-state index in [2.05, 4.69) is 4.99 Å². The zero-order chi connectivity index (χ0) is 13.4. The van der Waals surface area contributed by atoms with E-state index in [1.165, 1.54) is 11.8 Å². The van der Waals surface area contributed by atoms with Gasteiger partial charge in [0.2, 0.25) is 0 Å². The van der Waals surface area contributed by atoms with Gasteiger partial charge >= 0.3 is 0 Å². The maximum atomic E-state index is 12.4. The Morgan fingerprint density at radius 3 is 2.79 bits per heavy atom. The number of benzene rings is 1. The maximum absolute atomic E-state index is 12.4. The molecule has 1 aromatic carbocycles. The van der Waals surface area contributed by atoms with Gasteiger partial charge in [0.15, 0.2) is 11.2 Å². The molecule has 0 bridgehead atoms. The molecule has 3 rings (SSSR count). The standard InChI is InChI=1S/C13H13N3O2S/c1-15(9-5-3-2-4-6-9)10-11(17)14-13-16(12(10)18)7-8-19-13/h2-6,10H,7-8H2,1H3. The Balaban J connectivity index is 1.93. The molecular weight excluding hydrogens is 262 g/mol. The fourth-order valence-electron chi connectivity index (χ4n) is 2.25. The summed E-state index contributed by atoms with van der Waals surface area (Å²) in [7, 11) is 1.75. The van der Waals surface area contributed by atoms with Crippen LogP contribution in [0.2, 0.25) is 0 Å². The highest BCUT2D eigenvalue weighted by Crippen LogP contribution is 2.26. The summed E-state index contributed by atoms with van der Waals surface area (Å²) in [6.45, 7) is 0.634. The van der Waals surface area contributed by atoms with Crippen molar-refractivity contribution in [1.29, 1.82) is 0 Å². The van der Waals surface area contributed by atoms with Crippen LogP contribution in [0.5, 0.6) is 0 Å². The second kappa shape index (κ2) is 4.70. The van der Waals surface area contributed by atoms with Crippen LogP contribution < -0.4 is 4.90 Å². The molecule has 98 valence electrons. The van der Waals surface area contributed by atoms with Gasteiger partial charge in [0, 0.05) is 25.0 Å². The van der Waals surface area contributed by atoms with E-state index >= 15 is 0 Å². The Morgan fingerprint density at radius 2 is 2.05 bits per heavy atom. The van der Waals surface area contributed by atoms with Crippen molar-refractivity contribution in [2.45, 2.75) is 6.04 Å². The topological polar surface area (TPSA) is 53.0 Å². The highest BCUT2D eigenvalue weighted by molar-refractivity contribution is 8.14. The Bertz CT molecular complexity index is 558. The van der Waals surface area contributed by atoms with Gasteiger partial charge in [-0.1, -0.05) is 30.0 Å². The fraction of sp³-hybridized carbons (Fsp3) is 0.308. The molecule has 0 spiro atoms. The average molecular weight is 275 g/mol. The van der Waals surface area contributed by atoms with Crippen LogP contribution in [0.1, 0.15) is 0 Å². The first-order valence-corrected chi connectivity index (χ1v) is 7.01. The lowest BCUT2D eigenvalue weighted by Gasteiger charge is -2.32. The van der Waals surface area contributed by atoms with E-state index in [0.717, 1.165) is 11.4 Å². The summed E-state index contributed by atoms with van der Waals surface area (Å²) >= 11 is 1.46. The molecule has 5 nitrogen and oxygen atoms in total. The van der Waals surface area contributed by atoms with Gasteiger partial charge in [-0.3, -0.25) is 14.5 Å². The second-order valence-corrected chi connectivity index (χ2v) is 5.48. The Labute approximate surface area is 115 Å². The summed E-state index contributed by atoms with van der Waals surface area (Å²) in [5, 5.41) is 0.549. The van der Waals surface area contributed by atoms with Gasteiger partial charge in [-0.25, -0.2) is 0 Å². The smallest absolute Gasteiger partial charge is 0.280 e. The minimum absolute atomic E-state index is 0.175. The molecule has 0 aliphatic carbocycles. The number of rotatable bonds is 2. The number of para-hydroxylation sites is 1. The van der Waals surface area contributed by atoms with E-state index in [1.807, 2.05) is 30.3 Å². The van der Waals surface area contributed by atoms with Gasteiger partial charge in [-0.05, 0) is 12.1 Å². The molecule has 2 amide bonds. The van der Waals surface area contributed by atoms with Crippen LogP contribution >= 0.6 is 11.8 Å². The van der Waals surface area contributed by atoms with Crippen molar-refractivity contribution < 1.29 is 9.59 Å². The third kappa shape index (κ3) is 2.02. The number of amidine groups is 1. The van der Waals surface area contributed by atoms with Crippen molar-refractivity contribution in [2.75, 3.05) is 24.2 Å². The van der Waals surface area contributed by atoms with E-state index in [0.29, 0.717) is 11.7 Å². The Morgan fingerprint density at radius 1 is 1.32 bits per heavy atom. The SMILES string of the molecule is CN(c1ccccc1)C1C(=O)N=C2SCCN2C1=O. The van der Waals surface area contributed by atoms with E-state index in [1.54, 1.807) is 16.8 Å². The summed E-state index contributed by atoms with van der Waals surface area (Å²) in [5.41, 5.74) is 0.833. The third-order valence-corrected chi connectivity index (χ3v) is 4.22. The van der Waals surface area contributed by atoms with Crippen molar-refractivity contribution in [3.05, 3.63) is 30.3 Å². The number of likely N-dealkylation sites (N-methyl/N-ethyl adjacent to an activating group) is 1. The lowest BCUT2D eigenvalue weighted by molar-refractivity contribution is -0.134. The summed E-state index contributed by atoms with van der Waals surface area (Å²) in [4.78, 5) is 31.8. The third-order valence-electron chi connectivity index (χ3n) is 3.27. The van der Waals surface area contributed by atoms with Crippen molar-refractivity contribution in [3.8, 4) is 0 Å². The van der Waals surface area contributed by atoms with Crippen LogP contribution in [0.15, 0.2) is 35.3 Å². The Hall–Kier alpha value is -1.82. The predicted molar refractivity (Wildman–Crippen MR) is 75.2 cm³/mol. The molecule has 2 aliphatic heterocycles. The molecule has 2 heterocycles. The van der Waals surface area contributed by atoms with E-state index < -0.39 is 6.04 Å². The number of anilines is 1. The second-order valence-electron chi connectivity index (χ2n) is 4.42. The number of nitrogens with zero attached hydrogens (tertiary/aromatic N) is 3. The summed E-state index contributed by atoms with van der Waals surface area (Å²) in [5.74, 6) is 0.253. The number of fused-ring (bicyclic) bond motifs is 1. The van der Waals surface area contributed by atoms with E-state index in [-0.39, 0.29) is 11.8 Å². The molecule has 19 heavy (non-hydrogen) atoms. The minimum atomic E-state index is -0.843. The molecule has 1 fully saturated rings. The molecule has 0 saturated carbocycles. The molecule has 1 unspecified atom stereocenters. The quantitative estimate of drug-likeness (QED) is 0.755. The van der Waals surface area contributed by atoms with Crippen LogP contribution in [0.4, 0.5) is 5.69 Å². The van der Waals surface area contributed by atoms with Gasteiger partial charge in [-0.2, -0.15) is 4.99 Å². The van der Waals surface area contributed by atoms with E-state index in [4.69, 9.17) is 0 Å². The summed E-state index contributed by atoms with van der Waals surface area (Å²) in [6, 6.07) is 8.56. The first kappa shape index (κ1) is 12.2. The van der Waals surface area contributed by atoms with Gasteiger partial charge in [-0.15, -0.1) is 0 Å². The van der Waals surface area contributed by atoms with Crippen molar-refractivity contribution in [2.24, 2.45) is 4.99 Å². The molecule has 0 N–H and O–H groups in total. The molecular formula is C13H13N3O2S. The number of amides is 2. The number of carbonyl (C=O) groups is 2. The molecule has 6 heteroatoms. The van der Waals surface area contributed by atoms with E-state index in [9.17, 15) is 9.59 Å². The van der Waals surface area contributed by atoms with Gasteiger partial charge < -0.3 is 4.90 Å². The van der Waals surface area contributed by atoms with Crippen LogP contribution in [0.3, 0.4) is 0 Å². The van der Waals surface area contributed by atoms with Crippen molar-refractivity contribution in [3.63, 3.8) is 0 Å². The molecule has 1 atom stereocenters. The highest BCUT2D eigenvalue weighted by atomic mass is 32.2. The average Bonchev–Trinajstić information content (AvgIpc) is 2.88. The first-order chi connectivity index (χ1) is 9.18. The summed E-state index contributed by atoms with van der Waals surface area (Å²) < 4.78 is 0. The molecule has 2 aliphatic rings. The number of hydrogen-bond acceptors (Lipinski definition) is 4. The predicted octanol–water partition coefficient (Wildman–Crippen LogP) is 0.963. The number of carbonyl (C=O) groups excluding carboxylic acids is 2. The lowest BCUT2D eigenvalue weighted by Crippen LogP contribution is -2.55. The van der Waals surface area contributed by atoms with Gasteiger partial charge in [0.1, 0.15) is 0 Å². The maximum Gasteiger partial charge on any atom is 0.280 e. The van der Waals surface area contributed by atoms with Crippen LogP contribution in [0.25, 0.3) is 0 Å². The highest BCUT2D eigenvalue weighted by Gasteiger charge is 2.42. The minimum Gasteiger partial charge on any atom is -0.355 e. The van der Waals surface area contributed by atoms with Crippen LogP contribution in [-0.2, 0) is 9.59 Å². The molecule has 0 radical (unpaired) electrons. The molecule has 1 saturated heterocycles. The summed E-state index contributed by atoms with van der Waals surface area (Å²) in [6.07, 6.45) is 0. The van der Waals surface area contributed by atoms with Gasteiger partial charge in [0.25, 0.3) is 11.8 Å². The normalized spacial score (nSPS) is 22.3. The van der Waals surface area contributed by atoms with Crippen LogP contribution in [0, 0.1) is 0 Å². The fourth-order valence-corrected chi connectivity index (χ4v) is 3.20. The largest absolute Gasteiger partial charge is 0.355 e. The Kier molecular flexibility index (Phi) is 3.02. The first-order valence-electron chi connectivity index (χ1n) is 6.03. The lowest BCUT2D eigenvalue weighted by atomic mass is 10.1.